The Morgan fingerprint density at radius 1 is 1.08 bits per heavy atom. The third kappa shape index (κ3) is 4.10. The van der Waals surface area contributed by atoms with Crippen LogP contribution < -0.4 is 19.1 Å². The number of piperidine rings is 1. The minimum Gasteiger partial charge on any atom is -0.497 e. The number of ether oxygens (including phenoxy) is 3. The average Bonchev–Trinajstić information content (AvgIpc) is 3.16. The number of nitriles is 1. The zero-order chi connectivity index (χ0) is 24.6. The van der Waals surface area contributed by atoms with Gasteiger partial charge < -0.3 is 19.1 Å². The Kier molecular flexibility index (Phi) is 6.06. The number of pyridine rings is 1. The summed E-state index contributed by atoms with van der Waals surface area (Å²) in [5.41, 5.74) is 3.84. The van der Waals surface area contributed by atoms with E-state index in [1.807, 2.05) is 24.3 Å². The summed E-state index contributed by atoms with van der Waals surface area (Å²) >= 11 is 0. The molecule has 6 rings (SSSR count). The van der Waals surface area contributed by atoms with Crippen molar-refractivity contribution in [3.8, 4) is 23.3 Å². The fraction of sp³-hybridized carbons (Fsp3) is 0.448. The lowest BCUT2D eigenvalue weighted by Crippen LogP contribution is -2.50. The quantitative estimate of drug-likeness (QED) is 0.508. The molecule has 4 heterocycles. The van der Waals surface area contributed by atoms with Gasteiger partial charge in [0.15, 0.2) is 11.5 Å². The van der Waals surface area contributed by atoms with Gasteiger partial charge in [0, 0.05) is 55.1 Å². The maximum absolute atomic E-state index is 9.78. The number of hydrogen-bond donors (Lipinski definition) is 0. The van der Waals surface area contributed by atoms with Gasteiger partial charge in [0.2, 0.25) is 0 Å². The van der Waals surface area contributed by atoms with Gasteiger partial charge in [-0.05, 0) is 68.0 Å². The monoisotopic (exact) mass is 484 g/mol. The molecule has 7 nitrogen and oxygen atoms in total. The van der Waals surface area contributed by atoms with Crippen molar-refractivity contribution in [2.24, 2.45) is 0 Å². The molecule has 3 aliphatic heterocycles. The van der Waals surface area contributed by atoms with Gasteiger partial charge in [-0.1, -0.05) is 0 Å². The van der Waals surface area contributed by atoms with Crippen LogP contribution in [0.1, 0.15) is 36.8 Å². The van der Waals surface area contributed by atoms with Gasteiger partial charge in [-0.25, -0.2) is 0 Å². The number of hydrogen-bond acceptors (Lipinski definition) is 7. The van der Waals surface area contributed by atoms with Crippen LogP contribution in [0.15, 0.2) is 42.6 Å². The molecule has 2 atom stereocenters. The highest BCUT2D eigenvalue weighted by molar-refractivity contribution is 5.85. The van der Waals surface area contributed by atoms with Crippen LogP contribution in [0.4, 0.5) is 5.69 Å². The molecule has 0 aliphatic carbocycles. The lowest BCUT2D eigenvalue weighted by atomic mass is 9.94. The molecule has 1 aromatic heterocycles. The summed E-state index contributed by atoms with van der Waals surface area (Å²) in [6.07, 6.45) is 7.34. The van der Waals surface area contributed by atoms with E-state index in [1.54, 1.807) is 13.3 Å². The number of aromatic nitrogens is 1. The van der Waals surface area contributed by atoms with Gasteiger partial charge in [0.05, 0.1) is 18.2 Å². The van der Waals surface area contributed by atoms with Gasteiger partial charge >= 0.3 is 0 Å². The second-order valence-electron chi connectivity index (χ2n) is 10.1. The van der Waals surface area contributed by atoms with Gasteiger partial charge in [-0.2, -0.15) is 5.26 Å². The van der Waals surface area contributed by atoms with E-state index in [9.17, 15) is 5.26 Å². The molecule has 36 heavy (non-hydrogen) atoms. The fourth-order valence-electron chi connectivity index (χ4n) is 6.35. The first-order valence-electron chi connectivity index (χ1n) is 12.9. The molecular weight excluding hydrogens is 452 g/mol. The normalized spacial score (nSPS) is 22.9. The highest BCUT2D eigenvalue weighted by atomic mass is 16.6. The van der Waals surface area contributed by atoms with E-state index in [0.29, 0.717) is 36.9 Å². The lowest BCUT2D eigenvalue weighted by molar-refractivity contribution is 0.128. The molecule has 0 amide bonds. The van der Waals surface area contributed by atoms with Gasteiger partial charge in [-0.15, -0.1) is 0 Å². The maximum Gasteiger partial charge on any atom is 0.163 e. The minimum atomic E-state index is 0.502. The molecule has 2 unspecified atom stereocenters. The lowest BCUT2D eigenvalue weighted by Gasteiger charge is -2.43. The molecule has 0 radical (unpaired) electrons. The van der Waals surface area contributed by atoms with Crippen LogP contribution >= 0.6 is 0 Å². The predicted octanol–water partition coefficient (Wildman–Crippen LogP) is 4.56. The molecule has 7 heteroatoms. The number of nitrogens with zero attached hydrogens (tertiary/aromatic N) is 4. The van der Waals surface area contributed by atoms with E-state index in [1.165, 1.54) is 18.5 Å². The topological polar surface area (TPSA) is 70.9 Å². The highest BCUT2D eigenvalue weighted by Gasteiger charge is 2.41. The Labute approximate surface area is 212 Å². The summed E-state index contributed by atoms with van der Waals surface area (Å²) in [4.78, 5) is 9.62. The van der Waals surface area contributed by atoms with E-state index in [4.69, 9.17) is 14.2 Å². The third-order valence-electron chi connectivity index (χ3n) is 8.27. The van der Waals surface area contributed by atoms with E-state index in [0.717, 1.165) is 59.5 Å². The Morgan fingerprint density at radius 2 is 1.86 bits per heavy atom. The largest absolute Gasteiger partial charge is 0.497 e. The highest BCUT2D eigenvalue weighted by Crippen LogP contribution is 2.40. The van der Waals surface area contributed by atoms with E-state index in [-0.39, 0.29) is 0 Å². The maximum atomic E-state index is 9.78. The molecule has 0 saturated carbocycles. The Hall–Kier alpha value is -3.50. The van der Waals surface area contributed by atoms with Gasteiger partial charge in [-0.3, -0.25) is 9.88 Å². The SMILES string of the molecule is COc1ccc2ncc(C#N)c(CCN3C4CCC3CC(N(C)c3ccc5c(c3)OCCO5)C4)c2c1. The van der Waals surface area contributed by atoms with Crippen LogP contribution in [-0.4, -0.2) is 61.9 Å². The zero-order valence-corrected chi connectivity index (χ0v) is 20.9. The summed E-state index contributed by atoms with van der Waals surface area (Å²) in [7, 11) is 3.88. The number of methoxy groups -OCH3 is 1. The first-order chi connectivity index (χ1) is 17.6. The van der Waals surface area contributed by atoms with Crippen molar-refractivity contribution in [1.82, 2.24) is 9.88 Å². The van der Waals surface area contributed by atoms with E-state index >= 15 is 0 Å². The van der Waals surface area contributed by atoms with Crippen LogP contribution in [0, 0.1) is 11.3 Å². The number of benzene rings is 2. The van der Waals surface area contributed by atoms with Crippen molar-refractivity contribution in [3.63, 3.8) is 0 Å². The summed E-state index contributed by atoms with van der Waals surface area (Å²) in [6.45, 7) is 2.18. The second kappa shape index (κ2) is 9.51. The van der Waals surface area contributed by atoms with Crippen LogP contribution in [0.2, 0.25) is 0 Å². The van der Waals surface area contributed by atoms with Crippen LogP contribution in [0.3, 0.4) is 0 Å². The Bertz CT molecular complexity index is 1310. The molecule has 0 spiro atoms. The zero-order valence-electron chi connectivity index (χ0n) is 20.9. The standard InChI is InChI=1S/C29H32N4O3/c1-32(20-5-8-28-29(15-20)36-12-11-35-28)23-13-21-3-4-22(14-23)33(21)10-9-25-19(17-30)18-31-27-7-6-24(34-2)16-26(25)27/h5-8,15-16,18,21-23H,3-4,9-14H2,1-2H3. The van der Waals surface area contributed by atoms with Crippen molar-refractivity contribution in [2.45, 2.75) is 50.2 Å². The Balaban J connectivity index is 1.17. The summed E-state index contributed by atoms with van der Waals surface area (Å²) in [5.74, 6) is 2.48. The van der Waals surface area contributed by atoms with Crippen molar-refractivity contribution >= 4 is 16.6 Å². The van der Waals surface area contributed by atoms with Crippen LogP contribution in [0.5, 0.6) is 17.2 Å². The molecule has 2 fully saturated rings. The second-order valence-corrected chi connectivity index (χ2v) is 10.1. The summed E-state index contributed by atoms with van der Waals surface area (Å²) in [5, 5.41) is 10.8. The first kappa shape index (κ1) is 22.9. The van der Waals surface area contributed by atoms with Crippen molar-refractivity contribution in [1.29, 1.82) is 5.26 Å². The predicted molar refractivity (Wildman–Crippen MR) is 139 cm³/mol. The molecular formula is C29H32N4O3. The molecule has 2 aromatic carbocycles. The molecule has 2 saturated heterocycles. The molecule has 0 N–H and O–H groups in total. The fourth-order valence-corrected chi connectivity index (χ4v) is 6.35. The molecule has 3 aliphatic rings. The molecule has 2 bridgehead atoms. The van der Waals surface area contributed by atoms with Crippen molar-refractivity contribution in [2.75, 3.05) is 38.8 Å². The third-order valence-corrected chi connectivity index (χ3v) is 8.27. The van der Waals surface area contributed by atoms with Crippen molar-refractivity contribution in [3.05, 3.63) is 53.7 Å². The summed E-state index contributed by atoms with van der Waals surface area (Å²) < 4.78 is 17.0. The van der Waals surface area contributed by atoms with Gasteiger partial charge in [0.1, 0.15) is 25.0 Å². The van der Waals surface area contributed by atoms with E-state index in [2.05, 4.69) is 40.0 Å². The minimum absolute atomic E-state index is 0.502. The molecule has 186 valence electrons. The van der Waals surface area contributed by atoms with E-state index < -0.39 is 0 Å². The van der Waals surface area contributed by atoms with Crippen molar-refractivity contribution < 1.29 is 14.2 Å². The van der Waals surface area contributed by atoms with Crippen LogP contribution in [0.25, 0.3) is 10.9 Å². The van der Waals surface area contributed by atoms with Gasteiger partial charge in [0.25, 0.3) is 0 Å². The van der Waals surface area contributed by atoms with Crippen LogP contribution in [-0.2, 0) is 6.42 Å². The number of rotatable bonds is 6. The molecule has 3 aromatic rings. The first-order valence-corrected chi connectivity index (χ1v) is 12.9. The smallest absolute Gasteiger partial charge is 0.163 e. The average molecular weight is 485 g/mol. The number of fused-ring (bicyclic) bond motifs is 4. The number of anilines is 1. The summed E-state index contributed by atoms with van der Waals surface area (Å²) in [6, 6.07) is 16.2. The Morgan fingerprint density at radius 3 is 2.61 bits per heavy atom.